The first kappa shape index (κ1) is 24.4. The molecule has 2 aromatic rings. The quantitative estimate of drug-likeness (QED) is 0.387. The lowest BCUT2D eigenvalue weighted by molar-refractivity contribution is -0.256. The summed E-state index contributed by atoms with van der Waals surface area (Å²) in [4.78, 5) is 17.4. The van der Waals surface area contributed by atoms with Crippen LogP contribution in [-0.4, -0.2) is 55.4 Å². The van der Waals surface area contributed by atoms with Crippen molar-refractivity contribution in [2.75, 3.05) is 33.4 Å². The predicted molar refractivity (Wildman–Crippen MR) is 118 cm³/mol. The average Bonchev–Trinajstić information content (AvgIpc) is 2.80. The van der Waals surface area contributed by atoms with E-state index in [1.54, 1.807) is 18.2 Å². The van der Waals surface area contributed by atoms with Crippen molar-refractivity contribution in [1.82, 2.24) is 9.88 Å². The fraction of sp³-hybridized carbons (Fsp3) is 0.520. The van der Waals surface area contributed by atoms with Crippen LogP contribution in [0.4, 0.5) is 17.6 Å². The molecular formula is C25H28F4N2O3. The Balaban J connectivity index is 1.28. The third kappa shape index (κ3) is 5.19. The highest BCUT2D eigenvalue weighted by atomic mass is 19.4. The molecule has 184 valence electrons. The smallest absolute Gasteiger partial charge is 0.395 e. The van der Waals surface area contributed by atoms with Crippen molar-refractivity contribution in [3.05, 3.63) is 48.0 Å². The standard InChI is InChI=1S/C25H28F4N2O3/c1-33-23(32)21-5-3-19(14-30-21)18-4-6-22(20(26)13-18)34-15-17-7-11-31(12-8-17)16-24(9-2-10-24)25(27,28)29/h3-6,13-14,17H,2,7-12,15-16H2,1H3. The van der Waals surface area contributed by atoms with Crippen LogP contribution in [0.15, 0.2) is 36.5 Å². The van der Waals surface area contributed by atoms with Crippen LogP contribution >= 0.6 is 0 Å². The van der Waals surface area contributed by atoms with Gasteiger partial charge in [0.1, 0.15) is 5.69 Å². The second-order valence-corrected chi connectivity index (χ2v) is 9.23. The number of esters is 1. The Hall–Kier alpha value is -2.68. The zero-order chi connectivity index (χ0) is 24.3. The topological polar surface area (TPSA) is 51.7 Å². The number of piperidine rings is 1. The monoisotopic (exact) mass is 480 g/mol. The van der Waals surface area contributed by atoms with E-state index in [1.807, 2.05) is 4.90 Å². The Bertz CT molecular complexity index is 998. The zero-order valence-corrected chi connectivity index (χ0v) is 19.0. The number of rotatable bonds is 7. The number of hydrogen-bond donors (Lipinski definition) is 0. The minimum absolute atomic E-state index is 0.0790. The van der Waals surface area contributed by atoms with E-state index in [0.29, 0.717) is 37.2 Å². The van der Waals surface area contributed by atoms with Gasteiger partial charge in [-0.3, -0.25) is 0 Å². The van der Waals surface area contributed by atoms with Crippen molar-refractivity contribution < 1.29 is 31.8 Å². The summed E-state index contributed by atoms with van der Waals surface area (Å²) in [6.45, 7) is 1.60. The molecule has 0 radical (unpaired) electrons. The fourth-order valence-electron chi connectivity index (χ4n) is 4.67. The van der Waals surface area contributed by atoms with Crippen molar-refractivity contribution in [1.29, 1.82) is 0 Å². The minimum Gasteiger partial charge on any atom is -0.490 e. The number of pyridine rings is 1. The number of benzene rings is 1. The summed E-state index contributed by atoms with van der Waals surface area (Å²) in [5.41, 5.74) is -0.125. The van der Waals surface area contributed by atoms with E-state index in [2.05, 4.69) is 9.72 Å². The molecule has 1 aliphatic heterocycles. The molecule has 0 spiro atoms. The Labute approximate surface area is 196 Å². The van der Waals surface area contributed by atoms with E-state index in [1.165, 1.54) is 25.4 Å². The Kier molecular flexibility index (Phi) is 7.12. The number of hydrogen-bond acceptors (Lipinski definition) is 5. The largest absolute Gasteiger partial charge is 0.490 e. The minimum atomic E-state index is -4.14. The normalized spacial score (nSPS) is 18.9. The lowest BCUT2D eigenvalue weighted by Gasteiger charge is -2.47. The van der Waals surface area contributed by atoms with Gasteiger partial charge in [0.25, 0.3) is 0 Å². The van der Waals surface area contributed by atoms with Crippen LogP contribution in [0.3, 0.4) is 0 Å². The summed E-state index contributed by atoms with van der Waals surface area (Å²) in [6.07, 6.45) is -0.127. The molecular weight excluding hydrogens is 452 g/mol. The van der Waals surface area contributed by atoms with Crippen molar-refractivity contribution in [2.24, 2.45) is 11.3 Å². The van der Waals surface area contributed by atoms with Crippen LogP contribution in [0, 0.1) is 17.2 Å². The lowest BCUT2D eigenvalue weighted by atomic mass is 9.67. The summed E-state index contributed by atoms with van der Waals surface area (Å²) in [5, 5.41) is 0. The first-order chi connectivity index (χ1) is 16.2. The number of alkyl halides is 3. The molecule has 2 fully saturated rings. The Morgan fingerprint density at radius 3 is 2.38 bits per heavy atom. The van der Waals surface area contributed by atoms with Crippen LogP contribution < -0.4 is 4.74 Å². The van der Waals surface area contributed by atoms with Crippen LogP contribution in [0.2, 0.25) is 0 Å². The molecule has 1 aromatic heterocycles. The highest BCUT2D eigenvalue weighted by molar-refractivity contribution is 5.87. The highest BCUT2D eigenvalue weighted by Gasteiger charge is 2.58. The number of carbonyl (C=O) groups excluding carboxylic acids is 1. The van der Waals surface area contributed by atoms with Crippen LogP contribution in [-0.2, 0) is 4.74 Å². The van der Waals surface area contributed by atoms with Crippen LogP contribution in [0.5, 0.6) is 5.75 Å². The van der Waals surface area contributed by atoms with Gasteiger partial charge in [-0.25, -0.2) is 14.2 Å². The summed E-state index contributed by atoms with van der Waals surface area (Å²) >= 11 is 0. The molecule has 0 atom stereocenters. The molecule has 0 N–H and O–H groups in total. The van der Waals surface area contributed by atoms with E-state index in [0.717, 1.165) is 12.8 Å². The van der Waals surface area contributed by atoms with Gasteiger partial charge in [0.2, 0.25) is 0 Å². The van der Waals surface area contributed by atoms with E-state index in [9.17, 15) is 22.4 Å². The second-order valence-electron chi connectivity index (χ2n) is 9.23. The number of methoxy groups -OCH3 is 1. The molecule has 1 aliphatic carbocycles. The van der Waals surface area contributed by atoms with Gasteiger partial charge in [-0.05, 0) is 68.5 Å². The molecule has 0 bridgehead atoms. The van der Waals surface area contributed by atoms with Crippen molar-refractivity contribution in [3.63, 3.8) is 0 Å². The van der Waals surface area contributed by atoms with Gasteiger partial charge in [-0.1, -0.05) is 18.6 Å². The lowest BCUT2D eigenvalue weighted by Crippen LogP contribution is -2.53. The number of ether oxygens (including phenoxy) is 2. The summed E-state index contributed by atoms with van der Waals surface area (Å²) < 4.78 is 65.2. The van der Waals surface area contributed by atoms with Crippen molar-refractivity contribution >= 4 is 5.97 Å². The first-order valence-electron chi connectivity index (χ1n) is 11.5. The number of nitrogens with zero attached hydrogens (tertiary/aromatic N) is 2. The van der Waals surface area contributed by atoms with Gasteiger partial charge < -0.3 is 14.4 Å². The molecule has 2 heterocycles. The number of halogens is 4. The molecule has 0 amide bonds. The molecule has 34 heavy (non-hydrogen) atoms. The summed E-state index contributed by atoms with van der Waals surface area (Å²) in [6, 6.07) is 7.79. The zero-order valence-electron chi connectivity index (χ0n) is 19.0. The van der Waals surface area contributed by atoms with Gasteiger partial charge in [-0.15, -0.1) is 0 Å². The molecule has 4 rings (SSSR count). The molecule has 9 heteroatoms. The molecule has 0 unspecified atom stereocenters. The molecule has 5 nitrogen and oxygen atoms in total. The van der Waals surface area contributed by atoms with Gasteiger partial charge in [0.15, 0.2) is 11.6 Å². The third-order valence-corrected chi connectivity index (χ3v) is 7.04. The molecule has 1 saturated heterocycles. The van der Waals surface area contributed by atoms with Gasteiger partial charge in [0, 0.05) is 18.3 Å². The maximum absolute atomic E-state index is 14.6. The Morgan fingerprint density at radius 2 is 1.85 bits per heavy atom. The first-order valence-corrected chi connectivity index (χ1v) is 11.5. The van der Waals surface area contributed by atoms with Gasteiger partial charge in [-0.2, -0.15) is 13.2 Å². The molecule has 2 aliphatic rings. The predicted octanol–water partition coefficient (Wildman–Crippen LogP) is 5.50. The van der Waals surface area contributed by atoms with Crippen molar-refractivity contribution in [3.8, 4) is 16.9 Å². The highest BCUT2D eigenvalue weighted by Crippen LogP contribution is 2.53. The third-order valence-electron chi connectivity index (χ3n) is 7.04. The molecule has 1 aromatic carbocycles. The summed E-state index contributed by atoms with van der Waals surface area (Å²) in [7, 11) is 1.27. The van der Waals surface area contributed by atoms with Crippen LogP contribution in [0.1, 0.15) is 42.6 Å². The number of carbonyl (C=O) groups is 1. The van der Waals surface area contributed by atoms with E-state index in [-0.39, 0.29) is 36.7 Å². The SMILES string of the molecule is COC(=O)c1ccc(-c2ccc(OCC3CCN(CC4(C(F)(F)F)CCC4)CC3)c(F)c2)cn1. The van der Waals surface area contributed by atoms with Crippen molar-refractivity contribution in [2.45, 2.75) is 38.3 Å². The molecule has 1 saturated carbocycles. The number of aromatic nitrogens is 1. The number of likely N-dealkylation sites (tertiary alicyclic amines) is 1. The maximum Gasteiger partial charge on any atom is 0.395 e. The Morgan fingerprint density at radius 1 is 1.15 bits per heavy atom. The van der Waals surface area contributed by atoms with Crippen LogP contribution in [0.25, 0.3) is 11.1 Å². The van der Waals surface area contributed by atoms with E-state index >= 15 is 0 Å². The van der Waals surface area contributed by atoms with E-state index in [4.69, 9.17) is 4.74 Å². The van der Waals surface area contributed by atoms with Gasteiger partial charge in [0.05, 0.1) is 19.1 Å². The second kappa shape index (κ2) is 9.90. The average molecular weight is 481 g/mol. The maximum atomic E-state index is 14.6. The summed E-state index contributed by atoms with van der Waals surface area (Å²) in [5.74, 6) is -0.747. The van der Waals surface area contributed by atoms with E-state index < -0.39 is 23.4 Å². The fourth-order valence-corrected chi connectivity index (χ4v) is 4.67. The van der Waals surface area contributed by atoms with Gasteiger partial charge >= 0.3 is 12.1 Å².